The highest BCUT2D eigenvalue weighted by Crippen LogP contribution is 2.24. The fraction of sp³-hybridized carbons (Fsp3) is 0.250. The summed E-state index contributed by atoms with van der Waals surface area (Å²) in [6, 6.07) is 7.00. The number of nitrogens with zero attached hydrogens (tertiary/aromatic N) is 1. The number of hydrogen-bond donors (Lipinski definition) is 3. The van der Waals surface area contributed by atoms with Crippen LogP contribution in [0.15, 0.2) is 50.5 Å². The van der Waals surface area contributed by atoms with Crippen LogP contribution in [0.1, 0.15) is 45.4 Å². The van der Waals surface area contributed by atoms with Crippen molar-refractivity contribution in [3.63, 3.8) is 0 Å². The number of nitrogens with one attached hydrogen (secondary N) is 2. The second-order valence-electron chi connectivity index (χ2n) is 7.02. The third-order valence-corrected chi connectivity index (χ3v) is 6.48. The lowest BCUT2D eigenvalue weighted by molar-refractivity contribution is 0.1000. The molecule has 0 unspecified atom stereocenters. The van der Waals surface area contributed by atoms with E-state index in [-0.39, 0.29) is 29.2 Å². The Kier molecular flexibility index (Phi) is 6.37. The number of aromatic nitrogens is 2. The molecular weight excluding hydrogens is 427 g/mol. The van der Waals surface area contributed by atoms with Gasteiger partial charge >= 0.3 is 5.76 Å². The number of aryl methyl sites for hydroxylation is 1. The summed E-state index contributed by atoms with van der Waals surface area (Å²) in [6.45, 7) is 3.63. The molecule has 164 valence electrons. The van der Waals surface area contributed by atoms with Crippen LogP contribution in [0.25, 0.3) is 0 Å². The Labute approximate surface area is 177 Å². The van der Waals surface area contributed by atoms with Gasteiger partial charge in [0.2, 0.25) is 21.8 Å². The maximum absolute atomic E-state index is 14.3. The van der Waals surface area contributed by atoms with Gasteiger partial charge in [0, 0.05) is 5.56 Å². The van der Waals surface area contributed by atoms with Gasteiger partial charge in [0.05, 0.1) is 4.90 Å². The summed E-state index contributed by atoms with van der Waals surface area (Å²) in [4.78, 5) is 22.5. The first-order valence-corrected chi connectivity index (χ1v) is 10.8. The van der Waals surface area contributed by atoms with Gasteiger partial charge in [-0.25, -0.2) is 22.7 Å². The smallest absolute Gasteiger partial charge is 0.391 e. The van der Waals surface area contributed by atoms with Crippen LogP contribution in [0.2, 0.25) is 0 Å². The first-order chi connectivity index (χ1) is 14.6. The minimum Gasteiger partial charge on any atom is -0.391 e. The molecule has 9 nitrogen and oxygen atoms in total. The topological polar surface area (TPSA) is 148 Å². The van der Waals surface area contributed by atoms with Crippen LogP contribution in [-0.4, -0.2) is 24.5 Å². The van der Waals surface area contributed by atoms with Gasteiger partial charge in [0.25, 0.3) is 0 Å². The van der Waals surface area contributed by atoms with E-state index in [0.29, 0.717) is 5.56 Å². The number of carbonyl (C=O) groups is 1. The van der Waals surface area contributed by atoms with Crippen LogP contribution in [-0.2, 0) is 16.4 Å². The van der Waals surface area contributed by atoms with E-state index >= 15 is 0 Å². The van der Waals surface area contributed by atoms with E-state index in [1.165, 1.54) is 30.3 Å². The van der Waals surface area contributed by atoms with E-state index in [9.17, 15) is 22.4 Å². The zero-order chi connectivity index (χ0) is 22.8. The highest BCUT2D eigenvalue weighted by Gasteiger charge is 2.26. The second-order valence-corrected chi connectivity index (χ2v) is 8.73. The number of aromatic amines is 1. The van der Waals surface area contributed by atoms with E-state index < -0.39 is 33.5 Å². The standard InChI is InChI=1S/C20H21FN4O5S/c1-11-3-9-16(21)15(12(11)2)8-10-17(19-23-24-20(27)30-19)25-31(28,29)14-6-4-13(5-7-14)18(22)26/h3-7,9,17,25H,8,10H2,1-2H3,(H2,22,26)(H,24,27)/t17-/m0/s1. The lowest BCUT2D eigenvalue weighted by Gasteiger charge is -2.17. The number of sulfonamides is 1. The number of benzene rings is 2. The van der Waals surface area contributed by atoms with E-state index in [1.54, 1.807) is 13.0 Å². The first kappa shape index (κ1) is 22.4. The minimum absolute atomic E-state index is 0.0770. The van der Waals surface area contributed by atoms with Gasteiger partial charge in [-0.3, -0.25) is 4.79 Å². The largest absolute Gasteiger partial charge is 0.434 e. The second kappa shape index (κ2) is 8.82. The van der Waals surface area contributed by atoms with Gasteiger partial charge in [-0.2, -0.15) is 4.72 Å². The molecule has 4 N–H and O–H groups in total. The normalized spacial score (nSPS) is 12.6. The lowest BCUT2D eigenvalue weighted by Crippen LogP contribution is -2.29. The minimum atomic E-state index is -4.09. The quantitative estimate of drug-likeness (QED) is 0.479. The average molecular weight is 448 g/mol. The van der Waals surface area contributed by atoms with Crippen molar-refractivity contribution in [2.24, 2.45) is 5.73 Å². The SMILES string of the molecule is Cc1ccc(F)c(CC[C@H](NS(=O)(=O)c2ccc(C(N)=O)cc2)c2n[nH]c(=O)o2)c1C. The molecule has 0 radical (unpaired) electrons. The molecule has 2 aromatic carbocycles. The predicted molar refractivity (Wildman–Crippen MR) is 109 cm³/mol. The van der Waals surface area contributed by atoms with Crippen molar-refractivity contribution in [1.29, 1.82) is 0 Å². The molecule has 0 fully saturated rings. The third-order valence-electron chi connectivity index (χ3n) is 4.99. The molecule has 0 aliphatic carbocycles. The highest BCUT2D eigenvalue weighted by atomic mass is 32.2. The Hall–Kier alpha value is -3.31. The van der Waals surface area contributed by atoms with Gasteiger partial charge in [-0.15, -0.1) is 5.10 Å². The van der Waals surface area contributed by atoms with Gasteiger partial charge in [-0.05, 0) is 73.7 Å². The fourth-order valence-electron chi connectivity index (χ4n) is 3.11. The van der Waals surface area contributed by atoms with Crippen molar-refractivity contribution in [3.8, 4) is 0 Å². The summed E-state index contributed by atoms with van der Waals surface area (Å²) in [5, 5.41) is 5.81. The maximum atomic E-state index is 14.3. The van der Waals surface area contributed by atoms with Crippen molar-refractivity contribution in [2.75, 3.05) is 0 Å². The molecule has 0 bridgehead atoms. The van der Waals surface area contributed by atoms with Gasteiger partial charge in [0.15, 0.2) is 0 Å². The summed E-state index contributed by atoms with van der Waals surface area (Å²) < 4.78 is 47.4. The summed E-state index contributed by atoms with van der Waals surface area (Å²) in [6.07, 6.45) is 0.247. The summed E-state index contributed by atoms with van der Waals surface area (Å²) in [5.41, 5.74) is 7.42. The zero-order valence-electron chi connectivity index (χ0n) is 16.8. The number of rotatable bonds is 8. The molecule has 0 spiro atoms. The van der Waals surface area contributed by atoms with Gasteiger partial charge in [0.1, 0.15) is 11.9 Å². The lowest BCUT2D eigenvalue weighted by atomic mass is 9.97. The number of halogens is 1. The molecule has 1 atom stereocenters. The molecule has 31 heavy (non-hydrogen) atoms. The Morgan fingerprint density at radius 2 is 1.90 bits per heavy atom. The number of hydrogen-bond acceptors (Lipinski definition) is 6. The molecule has 1 amide bonds. The van der Waals surface area contributed by atoms with E-state index in [2.05, 4.69) is 14.9 Å². The molecule has 3 rings (SSSR count). The van der Waals surface area contributed by atoms with E-state index in [4.69, 9.17) is 10.2 Å². The van der Waals surface area contributed by atoms with Crippen LogP contribution >= 0.6 is 0 Å². The highest BCUT2D eigenvalue weighted by molar-refractivity contribution is 7.89. The molecule has 0 aliphatic rings. The zero-order valence-corrected chi connectivity index (χ0v) is 17.6. The molecular formula is C20H21FN4O5S. The predicted octanol–water partition coefficient (Wildman–Crippen LogP) is 1.87. The third kappa shape index (κ3) is 5.06. The monoisotopic (exact) mass is 448 g/mol. The Morgan fingerprint density at radius 1 is 1.23 bits per heavy atom. The number of H-pyrrole nitrogens is 1. The number of carbonyl (C=O) groups excluding carboxylic acids is 1. The number of nitrogens with two attached hydrogens (primary N) is 1. The number of primary amides is 1. The van der Waals surface area contributed by atoms with Crippen LogP contribution in [0.5, 0.6) is 0 Å². The Bertz CT molecular complexity index is 1270. The summed E-state index contributed by atoms with van der Waals surface area (Å²) in [5.74, 6) is -2.12. The first-order valence-electron chi connectivity index (χ1n) is 9.30. The van der Waals surface area contributed by atoms with Crippen LogP contribution in [0.3, 0.4) is 0 Å². The molecule has 1 heterocycles. The fourth-order valence-corrected chi connectivity index (χ4v) is 4.34. The van der Waals surface area contributed by atoms with Gasteiger partial charge < -0.3 is 10.2 Å². The van der Waals surface area contributed by atoms with Crippen molar-refractivity contribution < 1.29 is 22.0 Å². The van der Waals surface area contributed by atoms with Gasteiger partial charge in [-0.1, -0.05) is 6.07 Å². The van der Waals surface area contributed by atoms with Crippen molar-refractivity contribution in [1.82, 2.24) is 14.9 Å². The van der Waals surface area contributed by atoms with Crippen LogP contribution in [0, 0.1) is 19.7 Å². The van der Waals surface area contributed by atoms with Crippen molar-refractivity contribution >= 4 is 15.9 Å². The molecule has 3 aromatic rings. The molecule has 11 heteroatoms. The van der Waals surface area contributed by atoms with E-state index in [1.807, 2.05) is 6.92 Å². The molecule has 0 aliphatic heterocycles. The van der Waals surface area contributed by atoms with Crippen LogP contribution < -0.4 is 16.2 Å². The van der Waals surface area contributed by atoms with Crippen molar-refractivity contribution in [2.45, 2.75) is 37.6 Å². The average Bonchev–Trinajstić information content (AvgIpc) is 3.16. The molecule has 1 aromatic heterocycles. The molecule has 0 saturated carbocycles. The van der Waals surface area contributed by atoms with Crippen LogP contribution in [0.4, 0.5) is 4.39 Å². The Morgan fingerprint density at radius 3 is 2.48 bits per heavy atom. The number of amides is 1. The van der Waals surface area contributed by atoms with E-state index in [0.717, 1.165) is 11.1 Å². The summed E-state index contributed by atoms with van der Waals surface area (Å²) >= 11 is 0. The maximum Gasteiger partial charge on any atom is 0.434 e. The molecule has 0 saturated heterocycles. The Balaban J connectivity index is 1.89. The van der Waals surface area contributed by atoms with Crippen molar-refractivity contribution in [3.05, 3.63) is 80.9 Å². The summed E-state index contributed by atoms with van der Waals surface area (Å²) in [7, 11) is -4.09.